The Morgan fingerprint density at radius 1 is 1.12 bits per heavy atom. The molecule has 0 heterocycles. The minimum absolute atomic E-state index is 0.796. The molecule has 1 aromatic carbocycles. The quantitative estimate of drug-likeness (QED) is 0.724. The van der Waals surface area contributed by atoms with Crippen molar-refractivity contribution in [1.82, 2.24) is 0 Å². The largest absolute Gasteiger partial charge is 0.399 e. The molecule has 0 fully saturated rings. The van der Waals surface area contributed by atoms with E-state index in [9.17, 15) is 0 Å². The fourth-order valence-electron chi connectivity index (χ4n) is 2.02. The van der Waals surface area contributed by atoms with E-state index in [1.54, 1.807) is 0 Å². The molecule has 1 aromatic rings. The predicted octanol–water partition coefficient (Wildman–Crippen LogP) is 3.92. The first-order valence-corrected chi connectivity index (χ1v) is 6.74. The van der Waals surface area contributed by atoms with E-state index >= 15 is 0 Å². The third-order valence-electron chi connectivity index (χ3n) is 2.96. The van der Waals surface area contributed by atoms with Crippen molar-refractivity contribution in [2.24, 2.45) is 5.92 Å². The SMILES string of the molecule is CCCN(CCCC(C)C)c1ccc(N)cc1. The van der Waals surface area contributed by atoms with Crippen LogP contribution in [0, 0.1) is 5.92 Å². The molecule has 0 spiro atoms. The number of anilines is 2. The number of nitrogens with two attached hydrogens (primary N) is 1. The van der Waals surface area contributed by atoms with E-state index in [4.69, 9.17) is 5.73 Å². The Balaban J connectivity index is 2.55. The summed E-state index contributed by atoms with van der Waals surface area (Å²) < 4.78 is 0. The predicted molar refractivity (Wildman–Crippen MR) is 77.4 cm³/mol. The lowest BCUT2D eigenvalue weighted by molar-refractivity contribution is 0.548. The summed E-state index contributed by atoms with van der Waals surface area (Å²) >= 11 is 0. The first-order valence-electron chi connectivity index (χ1n) is 6.74. The summed E-state index contributed by atoms with van der Waals surface area (Å²) in [5, 5.41) is 0. The highest BCUT2D eigenvalue weighted by atomic mass is 15.1. The van der Waals surface area contributed by atoms with Gasteiger partial charge in [-0.2, -0.15) is 0 Å². The molecule has 0 saturated carbocycles. The molecule has 0 saturated heterocycles. The van der Waals surface area contributed by atoms with Gasteiger partial charge in [-0.1, -0.05) is 20.8 Å². The Labute approximate surface area is 106 Å². The average molecular weight is 234 g/mol. The van der Waals surface area contributed by atoms with Gasteiger partial charge in [-0.05, 0) is 49.4 Å². The molecule has 2 heteroatoms. The minimum atomic E-state index is 0.796. The monoisotopic (exact) mass is 234 g/mol. The Morgan fingerprint density at radius 2 is 1.76 bits per heavy atom. The average Bonchev–Trinajstić information content (AvgIpc) is 2.29. The lowest BCUT2D eigenvalue weighted by Crippen LogP contribution is -2.25. The number of hydrogen-bond acceptors (Lipinski definition) is 2. The molecule has 0 aliphatic rings. The molecule has 96 valence electrons. The smallest absolute Gasteiger partial charge is 0.0367 e. The van der Waals surface area contributed by atoms with E-state index in [1.165, 1.54) is 24.9 Å². The van der Waals surface area contributed by atoms with Crippen molar-refractivity contribution in [2.45, 2.75) is 40.0 Å². The number of nitrogen functional groups attached to an aromatic ring is 1. The Hall–Kier alpha value is -1.18. The van der Waals surface area contributed by atoms with Gasteiger partial charge < -0.3 is 10.6 Å². The van der Waals surface area contributed by atoms with Crippen molar-refractivity contribution in [3.63, 3.8) is 0 Å². The van der Waals surface area contributed by atoms with Crippen LogP contribution >= 0.6 is 0 Å². The van der Waals surface area contributed by atoms with Crippen molar-refractivity contribution >= 4 is 11.4 Å². The van der Waals surface area contributed by atoms with Gasteiger partial charge in [-0.15, -0.1) is 0 Å². The highest BCUT2D eigenvalue weighted by Gasteiger charge is 2.05. The molecule has 2 N–H and O–H groups in total. The maximum Gasteiger partial charge on any atom is 0.0367 e. The van der Waals surface area contributed by atoms with E-state index in [0.29, 0.717) is 0 Å². The molecule has 0 unspecified atom stereocenters. The summed E-state index contributed by atoms with van der Waals surface area (Å²) in [5.41, 5.74) is 7.86. The number of rotatable bonds is 7. The normalized spacial score (nSPS) is 10.8. The van der Waals surface area contributed by atoms with Gasteiger partial charge in [0, 0.05) is 24.5 Å². The van der Waals surface area contributed by atoms with Gasteiger partial charge in [0.2, 0.25) is 0 Å². The second-order valence-corrected chi connectivity index (χ2v) is 5.11. The number of nitrogens with zero attached hydrogens (tertiary/aromatic N) is 1. The van der Waals surface area contributed by atoms with Crippen molar-refractivity contribution < 1.29 is 0 Å². The third-order valence-corrected chi connectivity index (χ3v) is 2.96. The fourth-order valence-corrected chi connectivity index (χ4v) is 2.02. The molecule has 0 aliphatic heterocycles. The van der Waals surface area contributed by atoms with Crippen LogP contribution in [0.3, 0.4) is 0 Å². The molecule has 0 radical (unpaired) electrons. The summed E-state index contributed by atoms with van der Waals surface area (Å²) in [6.07, 6.45) is 3.75. The molecule has 0 bridgehead atoms. The minimum Gasteiger partial charge on any atom is -0.399 e. The van der Waals surface area contributed by atoms with Crippen LogP contribution in [0.25, 0.3) is 0 Å². The van der Waals surface area contributed by atoms with Crippen LogP contribution < -0.4 is 10.6 Å². The maximum atomic E-state index is 5.72. The van der Waals surface area contributed by atoms with Gasteiger partial charge in [0.25, 0.3) is 0 Å². The van der Waals surface area contributed by atoms with Crippen molar-refractivity contribution in [2.75, 3.05) is 23.7 Å². The van der Waals surface area contributed by atoms with Gasteiger partial charge in [0.05, 0.1) is 0 Å². The zero-order chi connectivity index (χ0) is 12.7. The molecule has 2 nitrogen and oxygen atoms in total. The summed E-state index contributed by atoms with van der Waals surface area (Å²) in [4.78, 5) is 2.46. The zero-order valence-electron chi connectivity index (χ0n) is 11.4. The van der Waals surface area contributed by atoms with E-state index < -0.39 is 0 Å². The van der Waals surface area contributed by atoms with Crippen molar-refractivity contribution in [1.29, 1.82) is 0 Å². The van der Waals surface area contributed by atoms with E-state index in [0.717, 1.165) is 24.7 Å². The second kappa shape index (κ2) is 7.21. The maximum absolute atomic E-state index is 5.72. The van der Waals surface area contributed by atoms with Crippen LogP contribution in [-0.2, 0) is 0 Å². The first kappa shape index (κ1) is 13.9. The molecule has 0 aliphatic carbocycles. The number of hydrogen-bond donors (Lipinski definition) is 1. The van der Waals surface area contributed by atoms with Crippen LogP contribution in [-0.4, -0.2) is 13.1 Å². The standard InChI is InChI=1S/C15H26N2/c1-4-11-17(12-5-6-13(2)3)15-9-7-14(16)8-10-15/h7-10,13H,4-6,11-12,16H2,1-3H3. The summed E-state index contributed by atoms with van der Waals surface area (Å²) in [6.45, 7) is 9.07. The van der Waals surface area contributed by atoms with E-state index in [-0.39, 0.29) is 0 Å². The van der Waals surface area contributed by atoms with Gasteiger partial charge in [-0.25, -0.2) is 0 Å². The van der Waals surface area contributed by atoms with E-state index in [2.05, 4.69) is 37.8 Å². The molecule has 17 heavy (non-hydrogen) atoms. The molecule has 0 aromatic heterocycles. The highest BCUT2D eigenvalue weighted by Crippen LogP contribution is 2.18. The van der Waals surface area contributed by atoms with Crippen LogP contribution in [0.2, 0.25) is 0 Å². The lowest BCUT2D eigenvalue weighted by Gasteiger charge is -2.24. The fraction of sp³-hybridized carbons (Fsp3) is 0.600. The van der Waals surface area contributed by atoms with Gasteiger partial charge in [0.15, 0.2) is 0 Å². The lowest BCUT2D eigenvalue weighted by atomic mass is 10.1. The van der Waals surface area contributed by atoms with Crippen molar-refractivity contribution in [3.8, 4) is 0 Å². The highest BCUT2D eigenvalue weighted by molar-refractivity contribution is 5.53. The summed E-state index contributed by atoms with van der Waals surface area (Å²) in [7, 11) is 0. The van der Waals surface area contributed by atoms with Crippen LogP contribution in [0.15, 0.2) is 24.3 Å². The van der Waals surface area contributed by atoms with Gasteiger partial charge in [0.1, 0.15) is 0 Å². The second-order valence-electron chi connectivity index (χ2n) is 5.11. The molecule has 1 rings (SSSR count). The topological polar surface area (TPSA) is 29.3 Å². The summed E-state index contributed by atoms with van der Waals surface area (Å²) in [6, 6.07) is 8.22. The van der Waals surface area contributed by atoms with Crippen molar-refractivity contribution in [3.05, 3.63) is 24.3 Å². The molecule has 0 atom stereocenters. The molecular formula is C15H26N2. The zero-order valence-corrected chi connectivity index (χ0v) is 11.4. The van der Waals surface area contributed by atoms with Crippen LogP contribution in [0.5, 0.6) is 0 Å². The first-order chi connectivity index (χ1) is 8.13. The Kier molecular flexibility index (Phi) is 5.88. The van der Waals surface area contributed by atoms with Crippen LogP contribution in [0.1, 0.15) is 40.0 Å². The van der Waals surface area contributed by atoms with E-state index in [1.807, 2.05) is 12.1 Å². The Morgan fingerprint density at radius 3 is 2.29 bits per heavy atom. The molecule has 0 amide bonds. The van der Waals surface area contributed by atoms with Gasteiger partial charge in [-0.3, -0.25) is 0 Å². The molecular weight excluding hydrogens is 208 g/mol. The number of benzene rings is 1. The van der Waals surface area contributed by atoms with Gasteiger partial charge >= 0.3 is 0 Å². The summed E-state index contributed by atoms with van der Waals surface area (Å²) in [5.74, 6) is 0.796. The van der Waals surface area contributed by atoms with Crippen LogP contribution in [0.4, 0.5) is 11.4 Å². The Bertz CT molecular complexity index is 303. The third kappa shape index (κ3) is 5.12.